The monoisotopic (exact) mass is 479 g/mol. The number of nitrogens with one attached hydrogen (secondary N) is 1. The number of halogens is 2. The van der Waals surface area contributed by atoms with Crippen molar-refractivity contribution in [3.63, 3.8) is 0 Å². The van der Waals surface area contributed by atoms with Gasteiger partial charge in [-0.3, -0.25) is 14.2 Å². The van der Waals surface area contributed by atoms with Crippen molar-refractivity contribution in [1.82, 2.24) is 9.55 Å². The van der Waals surface area contributed by atoms with Crippen LogP contribution in [0, 0.1) is 13.8 Å². The van der Waals surface area contributed by atoms with Crippen LogP contribution in [-0.2, 0) is 16.1 Å². The quantitative estimate of drug-likeness (QED) is 0.276. The molecule has 6 nitrogen and oxygen atoms in total. The van der Waals surface area contributed by atoms with Crippen LogP contribution in [0.2, 0.25) is 10.0 Å². The number of ether oxygens (including phenoxy) is 1. The van der Waals surface area contributed by atoms with Crippen molar-refractivity contribution in [3.05, 3.63) is 61.9 Å². The maximum Gasteiger partial charge on any atom is 0.262 e. The molecule has 0 radical (unpaired) electrons. The number of nitrogens with zero attached hydrogens (tertiary/aromatic N) is 2. The fourth-order valence-corrected chi connectivity index (χ4v) is 4.59. The van der Waals surface area contributed by atoms with E-state index < -0.39 is 0 Å². The summed E-state index contributed by atoms with van der Waals surface area (Å²) in [6.07, 6.45) is 0.648. The number of amides is 1. The molecule has 1 N–H and O–H groups in total. The highest BCUT2D eigenvalue weighted by atomic mass is 35.5. The minimum atomic E-state index is -0.234. The Balaban J connectivity index is 1.84. The standard InChI is InChI=1S/C22H23Cl2N3O3S/c1-13-9-14(2)20(17(24)10-13)26-19(28)12-31-22-25-18-11-15(23)5-6-16(18)21(29)27(22)7-4-8-30-3/h5-6,9-11H,4,7-8,12H2,1-3H3,(H,26,28). The molecule has 1 aromatic heterocycles. The zero-order chi connectivity index (χ0) is 22.5. The lowest BCUT2D eigenvalue weighted by atomic mass is 10.1. The Hall–Kier alpha value is -2.06. The van der Waals surface area contributed by atoms with Crippen molar-refractivity contribution >= 4 is 57.5 Å². The van der Waals surface area contributed by atoms with Crippen LogP contribution in [0.3, 0.4) is 0 Å². The largest absolute Gasteiger partial charge is 0.385 e. The van der Waals surface area contributed by atoms with Gasteiger partial charge in [0.25, 0.3) is 5.56 Å². The second-order valence-corrected chi connectivity index (χ2v) is 8.92. The summed E-state index contributed by atoms with van der Waals surface area (Å²) in [5.41, 5.74) is 2.83. The average Bonchev–Trinajstić information content (AvgIpc) is 2.70. The first-order chi connectivity index (χ1) is 14.8. The summed E-state index contributed by atoms with van der Waals surface area (Å²) in [5, 5.41) is 4.79. The Labute approximate surface area is 194 Å². The Morgan fingerprint density at radius 3 is 2.71 bits per heavy atom. The number of hydrogen-bond acceptors (Lipinski definition) is 5. The number of aryl methyl sites for hydroxylation is 2. The van der Waals surface area contributed by atoms with Crippen LogP contribution in [0.15, 0.2) is 40.3 Å². The van der Waals surface area contributed by atoms with Gasteiger partial charge in [0.2, 0.25) is 5.91 Å². The Morgan fingerprint density at radius 2 is 2.00 bits per heavy atom. The molecule has 2 aromatic carbocycles. The molecule has 1 amide bonds. The number of rotatable bonds is 8. The molecule has 164 valence electrons. The maximum absolute atomic E-state index is 13.0. The van der Waals surface area contributed by atoms with E-state index in [1.54, 1.807) is 35.9 Å². The van der Waals surface area contributed by atoms with E-state index in [4.69, 9.17) is 27.9 Å². The first-order valence-electron chi connectivity index (χ1n) is 9.68. The Morgan fingerprint density at radius 1 is 1.23 bits per heavy atom. The van der Waals surface area contributed by atoms with Crippen LogP contribution in [0.1, 0.15) is 17.5 Å². The SMILES string of the molecule is COCCCn1c(SCC(=O)Nc2c(C)cc(C)cc2Cl)nc2cc(Cl)ccc2c1=O. The summed E-state index contributed by atoms with van der Waals surface area (Å²) in [6, 6.07) is 8.75. The van der Waals surface area contributed by atoms with Crippen molar-refractivity contribution in [3.8, 4) is 0 Å². The van der Waals surface area contributed by atoms with Gasteiger partial charge in [-0.05, 0) is 55.7 Å². The van der Waals surface area contributed by atoms with Crippen LogP contribution in [0.5, 0.6) is 0 Å². The molecule has 0 aliphatic carbocycles. The van der Waals surface area contributed by atoms with Gasteiger partial charge in [0, 0.05) is 25.3 Å². The summed E-state index contributed by atoms with van der Waals surface area (Å²) < 4.78 is 6.69. The number of methoxy groups -OCH3 is 1. The highest BCUT2D eigenvalue weighted by molar-refractivity contribution is 7.99. The molecule has 0 bridgehead atoms. The molecular formula is C22H23Cl2N3O3S. The van der Waals surface area contributed by atoms with Crippen molar-refractivity contribution in [1.29, 1.82) is 0 Å². The lowest BCUT2D eigenvalue weighted by Crippen LogP contribution is -2.25. The van der Waals surface area contributed by atoms with Crippen LogP contribution in [0.25, 0.3) is 10.9 Å². The number of carbonyl (C=O) groups excluding carboxylic acids is 1. The van der Waals surface area contributed by atoms with E-state index in [-0.39, 0.29) is 17.2 Å². The van der Waals surface area contributed by atoms with Crippen molar-refractivity contribution in [2.45, 2.75) is 32.0 Å². The molecule has 0 aliphatic heterocycles. The number of fused-ring (bicyclic) bond motifs is 1. The van der Waals surface area contributed by atoms with Gasteiger partial charge in [0.15, 0.2) is 5.16 Å². The lowest BCUT2D eigenvalue weighted by molar-refractivity contribution is -0.113. The summed E-state index contributed by atoms with van der Waals surface area (Å²) in [4.78, 5) is 30.2. The molecule has 0 saturated carbocycles. The second-order valence-electron chi connectivity index (χ2n) is 7.13. The van der Waals surface area contributed by atoms with Crippen LogP contribution >= 0.6 is 35.0 Å². The molecule has 3 rings (SSSR count). The van der Waals surface area contributed by atoms with E-state index in [1.807, 2.05) is 19.9 Å². The summed E-state index contributed by atoms with van der Waals surface area (Å²) >= 11 is 13.6. The normalized spacial score (nSPS) is 11.1. The van der Waals surface area contributed by atoms with Gasteiger partial charge in [-0.1, -0.05) is 41.0 Å². The molecule has 0 aliphatic rings. The van der Waals surface area contributed by atoms with Gasteiger partial charge in [-0.25, -0.2) is 4.98 Å². The molecule has 9 heteroatoms. The third-order valence-corrected chi connectivity index (χ3v) is 6.15. The van der Waals surface area contributed by atoms with Crippen molar-refractivity contribution in [2.24, 2.45) is 0 Å². The van der Waals surface area contributed by atoms with E-state index in [2.05, 4.69) is 10.3 Å². The van der Waals surface area contributed by atoms with E-state index in [0.29, 0.717) is 51.4 Å². The molecule has 0 spiro atoms. The van der Waals surface area contributed by atoms with Crippen LogP contribution in [-0.4, -0.2) is 34.9 Å². The smallest absolute Gasteiger partial charge is 0.262 e. The zero-order valence-corrected chi connectivity index (χ0v) is 19.8. The fourth-order valence-electron chi connectivity index (χ4n) is 3.23. The first kappa shape index (κ1) is 23.6. The molecule has 3 aromatic rings. The highest BCUT2D eigenvalue weighted by Gasteiger charge is 2.15. The molecular weight excluding hydrogens is 457 g/mol. The fraction of sp³-hybridized carbons (Fsp3) is 0.318. The van der Waals surface area contributed by atoms with Gasteiger partial charge in [0.1, 0.15) is 0 Å². The maximum atomic E-state index is 13.0. The highest BCUT2D eigenvalue weighted by Crippen LogP contribution is 2.28. The number of carbonyl (C=O) groups is 1. The van der Waals surface area contributed by atoms with E-state index in [1.165, 1.54) is 11.8 Å². The first-order valence-corrected chi connectivity index (χ1v) is 11.4. The Bertz CT molecular complexity index is 1160. The summed E-state index contributed by atoms with van der Waals surface area (Å²) in [7, 11) is 1.61. The third kappa shape index (κ3) is 5.80. The van der Waals surface area contributed by atoms with Gasteiger partial charge in [-0.2, -0.15) is 0 Å². The van der Waals surface area contributed by atoms with Gasteiger partial charge >= 0.3 is 0 Å². The molecule has 1 heterocycles. The van der Waals surface area contributed by atoms with E-state index in [0.717, 1.165) is 11.1 Å². The van der Waals surface area contributed by atoms with Gasteiger partial charge in [0.05, 0.1) is 27.4 Å². The molecule has 0 unspecified atom stereocenters. The van der Waals surface area contributed by atoms with Crippen molar-refractivity contribution in [2.75, 3.05) is 24.8 Å². The zero-order valence-electron chi connectivity index (χ0n) is 17.5. The predicted molar refractivity (Wildman–Crippen MR) is 128 cm³/mol. The van der Waals surface area contributed by atoms with E-state index >= 15 is 0 Å². The average molecular weight is 480 g/mol. The lowest BCUT2D eigenvalue weighted by Gasteiger charge is -2.14. The molecule has 0 fully saturated rings. The summed E-state index contributed by atoms with van der Waals surface area (Å²) in [5.74, 6) is -0.158. The van der Waals surface area contributed by atoms with E-state index in [9.17, 15) is 9.59 Å². The number of anilines is 1. The third-order valence-electron chi connectivity index (χ3n) is 4.64. The number of aromatic nitrogens is 2. The minimum Gasteiger partial charge on any atom is -0.385 e. The van der Waals surface area contributed by atoms with Crippen LogP contribution < -0.4 is 10.9 Å². The molecule has 0 saturated heterocycles. The second kappa shape index (κ2) is 10.5. The number of thioether (sulfide) groups is 1. The van der Waals surface area contributed by atoms with Gasteiger partial charge < -0.3 is 10.1 Å². The molecule has 0 atom stereocenters. The summed E-state index contributed by atoms with van der Waals surface area (Å²) in [6.45, 7) is 4.79. The topological polar surface area (TPSA) is 73.2 Å². The Kier molecular flexibility index (Phi) is 8.00. The number of benzene rings is 2. The van der Waals surface area contributed by atoms with Crippen molar-refractivity contribution < 1.29 is 9.53 Å². The molecule has 31 heavy (non-hydrogen) atoms. The van der Waals surface area contributed by atoms with Gasteiger partial charge in [-0.15, -0.1) is 0 Å². The van der Waals surface area contributed by atoms with Crippen LogP contribution in [0.4, 0.5) is 5.69 Å². The minimum absolute atomic E-state index is 0.0758. The predicted octanol–water partition coefficient (Wildman–Crippen LogP) is 5.09. The number of hydrogen-bond donors (Lipinski definition) is 1.